The lowest BCUT2D eigenvalue weighted by Gasteiger charge is -2.15. The summed E-state index contributed by atoms with van der Waals surface area (Å²) >= 11 is 0. The van der Waals surface area contributed by atoms with Gasteiger partial charge in [-0.05, 0) is 19.1 Å². The number of ether oxygens (including phenoxy) is 1. The van der Waals surface area contributed by atoms with Crippen LogP contribution in [0, 0.1) is 17.2 Å². The minimum atomic E-state index is -0.619. The Balaban J connectivity index is 2.42. The van der Waals surface area contributed by atoms with Crippen LogP contribution >= 0.6 is 0 Å². The molecule has 5 nitrogen and oxygen atoms in total. The van der Waals surface area contributed by atoms with E-state index in [-0.39, 0.29) is 5.97 Å². The van der Waals surface area contributed by atoms with E-state index in [0.717, 1.165) is 11.0 Å². The number of benzene rings is 1. The van der Waals surface area contributed by atoms with Crippen molar-refractivity contribution in [3.05, 3.63) is 30.1 Å². The lowest BCUT2D eigenvalue weighted by Crippen LogP contribution is -2.23. The molecule has 5 heteroatoms. The Bertz CT molecular complexity index is 669. The van der Waals surface area contributed by atoms with Crippen molar-refractivity contribution < 1.29 is 9.53 Å². The molecule has 104 valence electrons. The zero-order chi connectivity index (χ0) is 14.7. The van der Waals surface area contributed by atoms with Crippen LogP contribution in [0.2, 0.25) is 0 Å². The molecule has 0 spiro atoms. The molecule has 0 saturated heterocycles. The van der Waals surface area contributed by atoms with Gasteiger partial charge in [0.1, 0.15) is 11.7 Å². The Morgan fingerprint density at radius 3 is 2.80 bits per heavy atom. The second kappa shape index (κ2) is 5.74. The van der Waals surface area contributed by atoms with E-state index in [1.54, 1.807) is 13.8 Å². The van der Waals surface area contributed by atoms with Gasteiger partial charge in [0.2, 0.25) is 0 Å². The SMILES string of the molecule is CCOC(=O)C(C)C(C#N)c1nc2ccccc2n1C. The number of para-hydroxylation sites is 2. The van der Waals surface area contributed by atoms with Gasteiger partial charge in [0.05, 0.1) is 29.6 Å². The first-order chi connectivity index (χ1) is 9.60. The van der Waals surface area contributed by atoms with E-state index < -0.39 is 11.8 Å². The number of carbonyl (C=O) groups is 1. The molecule has 2 rings (SSSR count). The fourth-order valence-electron chi connectivity index (χ4n) is 2.25. The average Bonchev–Trinajstić information content (AvgIpc) is 2.78. The zero-order valence-corrected chi connectivity index (χ0v) is 11.8. The average molecular weight is 271 g/mol. The number of imidazole rings is 1. The fourth-order valence-corrected chi connectivity index (χ4v) is 2.25. The van der Waals surface area contributed by atoms with Crippen molar-refractivity contribution in [3.8, 4) is 6.07 Å². The third kappa shape index (κ3) is 2.37. The number of rotatable bonds is 4. The number of fused-ring (bicyclic) bond motifs is 1. The molecule has 20 heavy (non-hydrogen) atoms. The first-order valence-electron chi connectivity index (χ1n) is 6.57. The molecule has 2 unspecified atom stereocenters. The normalized spacial score (nSPS) is 13.7. The monoisotopic (exact) mass is 271 g/mol. The summed E-state index contributed by atoms with van der Waals surface area (Å²) in [5.41, 5.74) is 1.76. The first kappa shape index (κ1) is 14.1. The molecular weight excluding hydrogens is 254 g/mol. The lowest BCUT2D eigenvalue weighted by atomic mass is 9.94. The quantitative estimate of drug-likeness (QED) is 0.801. The van der Waals surface area contributed by atoms with Crippen molar-refractivity contribution in [3.63, 3.8) is 0 Å². The third-order valence-corrected chi connectivity index (χ3v) is 3.40. The Labute approximate surface area is 117 Å². The molecule has 0 saturated carbocycles. The van der Waals surface area contributed by atoms with Gasteiger partial charge in [-0.25, -0.2) is 4.98 Å². The highest BCUT2D eigenvalue weighted by Crippen LogP contribution is 2.27. The van der Waals surface area contributed by atoms with Gasteiger partial charge in [-0.15, -0.1) is 0 Å². The molecule has 2 aromatic rings. The number of hydrogen-bond donors (Lipinski definition) is 0. The highest BCUT2D eigenvalue weighted by molar-refractivity contribution is 5.77. The fraction of sp³-hybridized carbons (Fsp3) is 0.400. The van der Waals surface area contributed by atoms with Crippen LogP contribution in [0.4, 0.5) is 0 Å². The molecule has 1 aromatic carbocycles. The summed E-state index contributed by atoms with van der Waals surface area (Å²) in [4.78, 5) is 16.3. The lowest BCUT2D eigenvalue weighted by molar-refractivity contribution is -0.147. The van der Waals surface area contributed by atoms with Crippen LogP contribution in [-0.2, 0) is 16.6 Å². The van der Waals surface area contributed by atoms with Gasteiger partial charge < -0.3 is 9.30 Å². The van der Waals surface area contributed by atoms with Crippen molar-refractivity contribution in [1.29, 1.82) is 5.26 Å². The van der Waals surface area contributed by atoms with Gasteiger partial charge >= 0.3 is 5.97 Å². The summed E-state index contributed by atoms with van der Waals surface area (Å²) in [5.74, 6) is -0.942. The molecule has 0 aliphatic rings. The number of carbonyl (C=O) groups excluding carboxylic acids is 1. The Morgan fingerprint density at radius 2 is 2.20 bits per heavy atom. The van der Waals surface area contributed by atoms with E-state index in [1.165, 1.54) is 0 Å². The number of aromatic nitrogens is 2. The van der Waals surface area contributed by atoms with Crippen molar-refractivity contribution in [2.24, 2.45) is 13.0 Å². The van der Waals surface area contributed by atoms with Gasteiger partial charge in [-0.3, -0.25) is 4.79 Å². The smallest absolute Gasteiger partial charge is 0.310 e. The van der Waals surface area contributed by atoms with Crippen LogP contribution in [0.3, 0.4) is 0 Å². The summed E-state index contributed by atoms with van der Waals surface area (Å²) in [7, 11) is 1.85. The molecule has 0 N–H and O–H groups in total. The number of nitrogens with zero attached hydrogens (tertiary/aromatic N) is 3. The van der Waals surface area contributed by atoms with Crippen LogP contribution in [-0.4, -0.2) is 22.1 Å². The van der Waals surface area contributed by atoms with Crippen LogP contribution in [0.15, 0.2) is 24.3 Å². The first-order valence-corrected chi connectivity index (χ1v) is 6.57. The molecular formula is C15H17N3O2. The number of hydrogen-bond acceptors (Lipinski definition) is 4. The van der Waals surface area contributed by atoms with Crippen molar-refractivity contribution in [2.45, 2.75) is 19.8 Å². The van der Waals surface area contributed by atoms with E-state index in [1.807, 2.05) is 35.9 Å². The molecule has 0 bridgehead atoms. The maximum absolute atomic E-state index is 11.8. The number of nitriles is 1. The van der Waals surface area contributed by atoms with Crippen molar-refractivity contribution in [1.82, 2.24) is 9.55 Å². The van der Waals surface area contributed by atoms with Gasteiger partial charge in [0.25, 0.3) is 0 Å². The maximum atomic E-state index is 11.8. The summed E-state index contributed by atoms with van der Waals surface area (Å²) < 4.78 is 6.85. The van der Waals surface area contributed by atoms with Crippen LogP contribution in [0.25, 0.3) is 11.0 Å². The van der Waals surface area contributed by atoms with E-state index in [9.17, 15) is 10.1 Å². The van der Waals surface area contributed by atoms with E-state index >= 15 is 0 Å². The van der Waals surface area contributed by atoms with E-state index in [4.69, 9.17) is 4.74 Å². The minimum absolute atomic E-state index is 0.309. The van der Waals surface area contributed by atoms with E-state index in [2.05, 4.69) is 11.1 Å². The molecule has 0 fully saturated rings. The predicted molar refractivity (Wildman–Crippen MR) is 74.9 cm³/mol. The van der Waals surface area contributed by atoms with Crippen LogP contribution in [0.5, 0.6) is 0 Å². The molecule has 0 aliphatic carbocycles. The molecule has 0 aliphatic heterocycles. The largest absolute Gasteiger partial charge is 0.466 e. The van der Waals surface area contributed by atoms with Crippen LogP contribution < -0.4 is 0 Å². The topological polar surface area (TPSA) is 67.9 Å². The van der Waals surface area contributed by atoms with Crippen molar-refractivity contribution >= 4 is 17.0 Å². The summed E-state index contributed by atoms with van der Waals surface area (Å²) in [6.45, 7) is 3.76. The molecule has 1 aromatic heterocycles. The highest BCUT2D eigenvalue weighted by Gasteiger charge is 2.30. The molecule has 2 atom stereocenters. The standard InChI is InChI=1S/C15H17N3O2/c1-4-20-15(19)10(2)11(9-16)14-17-12-7-5-6-8-13(12)18(14)3/h5-8,10-11H,4H2,1-3H3. The molecule has 0 amide bonds. The highest BCUT2D eigenvalue weighted by atomic mass is 16.5. The molecule has 0 radical (unpaired) electrons. The number of aryl methyl sites for hydroxylation is 1. The van der Waals surface area contributed by atoms with Gasteiger partial charge in [-0.2, -0.15) is 5.26 Å². The van der Waals surface area contributed by atoms with Crippen LogP contribution in [0.1, 0.15) is 25.6 Å². The van der Waals surface area contributed by atoms with Gasteiger partial charge in [0, 0.05) is 7.05 Å². The second-order valence-electron chi connectivity index (χ2n) is 4.67. The van der Waals surface area contributed by atoms with Gasteiger partial charge in [-0.1, -0.05) is 19.1 Å². The second-order valence-corrected chi connectivity index (χ2v) is 4.67. The van der Waals surface area contributed by atoms with Crippen molar-refractivity contribution in [2.75, 3.05) is 6.61 Å². The summed E-state index contributed by atoms with van der Waals surface area (Å²) in [6.07, 6.45) is 0. The predicted octanol–water partition coefficient (Wildman–Crippen LogP) is 2.38. The zero-order valence-electron chi connectivity index (χ0n) is 11.8. The maximum Gasteiger partial charge on any atom is 0.310 e. The third-order valence-electron chi connectivity index (χ3n) is 3.40. The van der Waals surface area contributed by atoms with E-state index in [0.29, 0.717) is 12.4 Å². The Hall–Kier alpha value is -2.35. The Morgan fingerprint density at radius 1 is 1.50 bits per heavy atom. The molecule has 1 heterocycles. The summed E-state index contributed by atoms with van der Waals surface area (Å²) in [6, 6.07) is 9.82. The number of esters is 1. The minimum Gasteiger partial charge on any atom is -0.466 e. The summed E-state index contributed by atoms with van der Waals surface area (Å²) in [5, 5.41) is 9.41. The Kier molecular flexibility index (Phi) is 4.04. The van der Waals surface area contributed by atoms with Gasteiger partial charge in [0.15, 0.2) is 0 Å².